The molecule has 0 spiro atoms. The standard InChI is InChI=1S/C26H23N3O9S/c1-5-36-25(31)22-13(2)27-26-28(23(22)16-7-6-15(34-3)10-18(16)35-4)24(30)21(39-26)9-14-8-19-20(38-12-37-19)11-17(14)29(32)33/h6-11,23H,5,12H2,1-4H3/b21-9-/t23-/m0/s1. The predicted molar refractivity (Wildman–Crippen MR) is 139 cm³/mol. The van der Waals surface area contributed by atoms with Crippen LogP contribution in [0.4, 0.5) is 5.69 Å². The zero-order chi connectivity index (χ0) is 27.8. The summed E-state index contributed by atoms with van der Waals surface area (Å²) in [7, 11) is 2.99. The molecule has 39 heavy (non-hydrogen) atoms. The number of nitro groups is 1. The van der Waals surface area contributed by atoms with Crippen molar-refractivity contribution in [2.45, 2.75) is 19.9 Å². The third-order valence-electron chi connectivity index (χ3n) is 6.26. The Morgan fingerprint density at radius 1 is 1.23 bits per heavy atom. The fourth-order valence-electron chi connectivity index (χ4n) is 4.49. The summed E-state index contributed by atoms with van der Waals surface area (Å²) >= 11 is 1.04. The molecule has 202 valence electrons. The lowest BCUT2D eigenvalue weighted by Gasteiger charge is -2.26. The Balaban J connectivity index is 1.76. The smallest absolute Gasteiger partial charge is 0.338 e. The highest BCUT2D eigenvalue weighted by Crippen LogP contribution is 2.39. The number of rotatable bonds is 7. The van der Waals surface area contributed by atoms with Crippen LogP contribution in [0.5, 0.6) is 23.0 Å². The average molecular weight is 554 g/mol. The molecule has 0 aliphatic carbocycles. The number of hydrogen-bond acceptors (Lipinski definition) is 11. The Morgan fingerprint density at radius 2 is 1.97 bits per heavy atom. The van der Waals surface area contributed by atoms with Crippen LogP contribution in [0.1, 0.15) is 31.0 Å². The quantitative estimate of drug-likeness (QED) is 0.245. The van der Waals surface area contributed by atoms with E-state index in [-0.39, 0.29) is 40.5 Å². The predicted octanol–water partition coefficient (Wildman–Crippen LogP) is 2.45. The number of carbonyl (C=O) groups excluding carboxylic acids is 1. The number of thiazole rings is 1. The number of aromatic nitrogens is 1. The van der Waals surface area contributed by atoms with Crippen LogP contribution < -0.4 is 33.8 Å². The van der Waals surface area contributed by atoms with Crippen molar-refractivity contribution in [2.24, 2.45) is 4.99 Å². The lowest BCUT2D eigenvalue weighted by atomic mass is 9.95. The third kappa shape index (κ3) is 4.50. The van der Waals surface area contributed by atoms with Gasteiger partial charge in [-0.05, 0) is 38.1 Å². The monoisotopic (exact) mass is 553 g/mol. The first kappa shape index (κ1) is 26.0. The van der Waals surface area contributed by atoms with Gasteiger partial charge in [0.1, 0.15) is 17.5 Å². The van der Waals surface area contributed by atoms with Crippen LogP contribution >= 0.6 is 11.3 Å². The SMILES string of the molecule is CCOC(=O)C1=C(C)N=c2s/c(=C\c3cc4c(cc3[N+](=O)[O-])OCO4)c(=O)n2[C@H]1c1ccc(OC)cc1OC. The number of allylic oxidation sites excluding steroid dienone is 1. The van der Waals surface area contributed by atoms with Crippen molar-refractivity contribution in [3.8, 4) is 23.0 Å². The fourth-order valence-corrected chi connectivity index (χ4v) is 5.53. The minimum Gasteiger partial charge on any atom is -0.497 e. The molecule has 1 aromatic heterocycles. The second-order valence-electron chi connectivity index (χ2n) is 8.43. The molecule has 0 N–H and O–H groups in total. The molecule has 0 unspecified atom stereocenters. The van der Waals surface area contributed by atoms with E-state index in [2.05, 4.69) is 4.99 Å². The van der Waals surface area contributed by atoms with E-state index in [1.807, 2.05) is 0 Å². The molecular formula is C26H23N3O9S. The van der Waals surface area contributed by atoms with E-state index in [1.54, 1.807) is 32.0 Å². The van der Waals surface area contributed by atoms with E-state index >= 15 is 0 Å². The van der Waals surface area contributed by atoms with E-state index in [0.29, 0.717) is 33.3 Å². The van der Waals surface area contributed by atoms with Crippen molar-refractivity contribution in [1.29, 1.82) is 0 Å². The molecular weight excluding hydrogens is 530 g/mol. The number of methoxy groups -OCH3 is 2. The lowest BCUT2D eigenvalue weighted by molar-refractivity contribution is -0.385. The molecule has 2 aliphatic heterocycles. The first-order valence-corrected chi connectivity index (χ1v) is 12.6. The van der Waals surface area contributed by atoms with E-state index in [9.17, 15) is 19.7 Å². The van der Waals surface area contributed by atoms with Gasteiger partial charge >= 0.3 is 5.97 Å². The van der Waals surface area contributed by atoms with Crippen LogP contribution in [-0.2, 0) is 9.53 Å². The number of nitro benzene ring substituents is 1. The molecule has 1 atom stereocenters. The normalized spacial score (nSPS) is 16.0. The second kappa shape index (κ2) is 10.3. The van der Waals surface area contributed by atoms with Crippen molar-refractivity contribution in [1.82, 2.24) is 4.57 Å². The summed E-state index contributed by atoms with van der Waals surface area (Å²) in [6.07, 6.45) is 1.41. The molecule has 13 heteroatoms. The summed E-state index contributed by atoms with van der Waals surface area (Å²) in [4.78, 5) is 43.1. The van der Waals surface area contributed by atoms with E-state index in [0.717, 1.165) is 11.3 Å². The van der Waals surface area contributed by atoms with Crippen LogP contribution in [0.15, 0.2) is 51.4 Å². The summed E-state index contributed by atoms with van der Waals surface area (Å²) in [6, 6.07) is 6.84. The molecule has 3 aromatic rings. The first-order valence-electron chi connectivity index (χ1n) is 11.8. The van der Waals surface area contributed by atoms with Gasteiger partial charge in [-0.25, -0.2) is 9.79 Å². The number of hydrogen-bond donors (Lipinski definition) is 0. The Kier molecular flexibility index (Phi) is 6.83. The van der Waals surface area contributed by atoms with Crippen molar-refractivity contribution < 1.29 is 33.4 Å². The maximum absolute atomic E-state index is 13.9. The van der Waals surface area contributed by atoms with Gasteiger partial charge in [-0.2, -0.15) is 0 Å². The Morgan fingerprint density at radius 3 is 2.64 bits per heavy atom. The Labute approximate surface area is 225 Å². The molecule has 0 radical (unpaired) electrons. The fraction of sp³-hybridized carbons (Fsp3) is 0.269. The highest BCUT2D eigenvalue weighted by molar-refractivity contribution is 7.07. The minimum atomic E-state index is -0.935. The number of fused-ring (bicyclic) bond motifs is 2. The summed E-state index contributed by atoms with van der Waals surface area (Å²) in [5.41, 5.74) is 0.475. The molecule has 2 aromatic carbocycles. The molecule has 0 amide bonds. The van der Waals surface area contributed by atoms with Crippen molar-refractivity contribution in [2.75, 3.05) is 27.6 Å². The van der Waals surface area contributed by atoms with Crippen molar-refractivity contribution in [3.63, 3.8) is 0 Å². The van der Waals surface area contributed by atoms with Crippen LogP contribution in [0, 0.1) is 10.1 Å². The van der Waals surface area contributed by atoms with Crippen molar-refractivity contribution in [3.05, 3.63) is 82.5 Å². The minimum absolute atomic E-state index is 0.0578. The van der Waals surface area contributed by atoms with Gasteiger partial charge in [0.2, 0.25) is 6.79 Å². The van der Waals surface area contributed by atoms with Gasteiger partial charge in [0.25, 0.3) is 11.2 Å². The number of carbonyl (C=O) groups is 1. The molecule has 2 aliphatic rings. The summed E-state index contributed by atoms with van der Waals surface area (Å²) in [5, 5.41) is 11.8. The molecule has 0 saturated heterocycles. The van der Waals surface area contributed by atoms with E-state index < -0.39 is 22.5 Å². The van der Waals surface area contributed by atoms with Gasteiger partial charge in [-0.15, -0.1) is 0 Å². The Bertz CT molecular complexity index is 1720. The zero-order valence-electron chi connectivity index (χ0n) is 21.4. The van der Waals surface area contributed by atoms with Gasteiger partial charge in [0.05, 0.1) is 53.2 Å². The van der Waals surface area contributed by atoms with Crippen LogP contribution in [0.2, 0.25) is 0 Å². The van der Waals surface area contributed by atoms with Crippen molar-refractivity contribution >= 4 is 29.1 Å². The number of ether oxygens (including phenoxy) is 5. The number of nitrogens with zero attached hydrogens (tertiary/aromatic N) is 3. The Hall–Kier alpha value is -4.65. The largest absolute Gasteiger partial charge is 0.497 e. The second-order valence-corrected chi connectivity index (χ2v) is 9.44. The molecule has 12 nitrogen and oxygen atoms in total. The molecule has 0 bridgehead atoms. The van der Waals surface area contributed by atoms with Gasteiger partial charge < -0.3 is 23.7 Å². The molecule has 3 heterocycles. The van der Waals surface area contributed by atoms with Gasteiger partial charge in [-0.3, -0.25) is 19.5 Å². The van der Waals surface area contributed by atoms with E-state index in [1.165, 1.54) is 37.0 Å². The summed E-state index contributed by atoms with van der Waals surface area (Å²) in [5.74, 6) is 0.873. The molecule has 0 saturated carbocycles. The lowest BCUT2D eigenvalue weighted by Crippen LogP contribution is -2.40. The number of benzene rings is 2. The zero-order valence-corrected chi connectivity index (χ0v) is 22.2. The number of esters is 1. The molecule has 0 fully saturated rings. The average Bonchev–Trinajstić information content (AvgIpc) is 3.50. The van der Waals surface area contributed by atoms with Gasteiger partial charge in [0.15, 0.2) is 16.3 Å². The van der Waals surface area contributed by atoms with Gasteiger partial charge in [-0.1, -0.05) is 11.3 Å². The van der Waals surface area contributed by atoms with Gasteiger partial charge in [0, 0.05) is 11.6 Å². The van der Waals surface area contributed by atoms with Crippen LogP contribution in [-0.4, -0.2) is 43.1 Å². The topological polar surface area (TPSA) is 141 Å². The first-order chi connectivity index (χ1) is 18.8. The highest BCUT2D eigenvalue weighted by atomic mass is 32.1. The van der Waals surface area contributed by atoms with Crippen LogP contribution in [0.3, 0.4) is 0 Å². The molecule has 5 rings (SSSR count). The summed E-state index contributed by atoms with van der Waals surface area (Å²) in [6.45, 7) is 3.41. The maximum Gasteiger partial charge on any atom is 0.338 e. The third-order valence-corrected chi connectivity index (χ3v) is 7.24. The summed E-state index contributed by atoms with van der Waals surface area (Å²) < 4.78 is 28.4. The maximum atomic E-state index is 13.9. The van der Waals surface area contributed by atoms with Crippen LogP contribution in [0.25, 0.3) is 6.08 Å². The van der Waals surface area contributed by atoms with E-state index in [4.69, 9.17) is 23.7 Å². The highest BCUT2D eigenvalue weighted by Gasteiger charge is 2.35.